The van der Waals surface area contributed by atoms with Crippen molar-refractivity contribution >= 4 is 18.0 Å². The number of benzene rings is 2. The van der Waals surface area contributed by atoms with Crippen molar-refractivity contribution in [1.29, 1.82) is 0 Å². The molecule has 8 heteroatoms. The molecule has 2 aliphatic carbocycles. The van der Waals surface area contributed by atoms with Crippen molar-refractivity contribution in [3.8, 4) is 11.1 Å². The van der Waals surface area contributed by atoms with Gasteiger partial charge in [0.1, 0.15) is 18.2 Å². The summed E-state index contributed by atoms with van der Waals surface area (Å²) in [7, 11) is 1.41. The number of hydrogen-bond donors (Lipinski definition) is 3. The van der Waals surface area contributed by atoms with Gasteiger partial charge in [0.05, 0.1) is 6.10 Å². The highest BCUT2D eigenvalue weighted by molar-refractivity contribution is 5.93. The predicted octanol–water partition coefficient (Wildman–Crippen LogP) is 2.66. The van der Waals surface area contributed by atoms with Gasteiger partial charge in [-0.2, -0.15) is 0 Å². The molecule has 1 fully saturated rings. The number of rotatable bonds is 8. The highest BCUT2D eigenvalue weighted by Crippen LogP contribution is 2.44. The van der Waals surface area contributed by atoms with Crippen LogP contribution in [0.1, 0.15) is 36.8 Å². The zero-order valence-electron chi connectivity index (χ0n) is 18.0. The van der Waals surface area contributed by atoms with Gasteiger partial charge in [-0.05, 0) is 42.0 Å². The molecule has 0 aliphatic heterocycles. The van der Waals surface area contributed by atoms with Crippen LogP contribution >= 0.6 is 0 Å². The molecule has 0 spiro atoms. The summed E-state index contributed by atoms with van der Waals surface area (Å²) < 4.78 is 10.7. The lowest BCUT2D eigenvalue weighted by Gasteiger charge is -2.25. The largest absolute Gasteiger partial charge is 0.480 e. The van der Waals surface area contributed by atoms with Crippen LogP contribution in [0.4, 0.5) is 4.79 Å². The Kier molecular flexibility index (Phi) is 5.88. The number of carboxylic acids is 1. The quantitative estimate of drug-likeness (QED) is 0.584. The number of fused-ring (bicyclic) bond motifs is 3. The van der Waals surface area contributed by atoms with Gasteiger partial charge in [-0.1, -0.05) is 48.5 Å². The molecular weight excluding hydrogens is 412 g/mol. The molecule has 2 aromatic carbocycles. The Bertz CT molecular complexity index is 1000. The van der Waals surface area contributed by atoms with E-state index in [0.29, 0.717) is 12.8 Å². The topological polar surface area (TPSA) is 114 Å². The van der Waals surface area contributed by atoms with E-state index >= 15 is 0 Å². The lowest BCUT2D eigenvalue weighted by molar-refractivity contribution is -0.144. The SMILES string of the molecule is CO[C@H](C)[C@H](NC(=O)OCC1c2ccccc2-c2ccccc21)C(=O)NC1(C(=O)O)CC1. The molecule has 0 aromatic heterocycles. The Morgan fingerprint density at radius 1 is 1.06 bits per heavy atom. The molecule has 1 saturated carbocycles. The van der Waals surface area contributed by atoms with Gasteiger partial charge in [-0.3, -0.25) is 4.79 Å². The van der Waals surface area contributed by atoms with Crippen LogP contribution in [0.25, 0.3) is 11.1 Å². The Labute approximate surface area is 185 Å². The summed E-state index contributed by atoms with van der Waals surface area (Å²) in [6.45, 7) is 1.73. The number of carbonyl (C=O) groups is 3. The zero-order chi connectivity index (χ0) is 22.9. The average molecular weight is 438 g/mol. The number of carbonyl (C=O) groups excluding carboxylic acids is 2. The van der Waals surface area contributed by atoms with Crippen molar-refractivity contribution < 1.29 is 29.0 Å². The van der Waals surface area contributed by atoms with E-state index < -0.39 is 35.7 Å². The minimum absolute atomic E-state index is 0.106. The molecule has 0 bridgehead atoms. The highest BCUT2D eigenvalue weighted by atomic mass is 16.5. The third-order valence-corrected chi connectivity index (χ3v) is 6.26. The van der Waals surface area contributed by atoms with Gasteiger partial charge in [0.2, 0.25) is 5.91 Å². The Morgan fingerprint density at radius 3 is 2.12 bits per heavy atom. The Balaban J connectivity index is 1.43. The molecule has 32 heavy (non-hydrogen) atoms. The fourth-order valence-electron chi connectivity index (χ4n) is 4.13. The number of amides is 2. The number of nitrogens with one attached hydrogen (secondary N) is 2. The average Bonchev–Trinajstić information content (AvgIpc) is 3.51. The lowest BCUT2D eigenvalue weighted by Crippen LogP contribution is -2.57. The van der Waals surface area contributed by atoms with E-state index in [-0.39, 0.29) is 12.5 Å². The van der Waals surface area contributed by atoms with Crippen molar-refractivity contribution in [2.75, 3.05) is 13.7 Å². The van der Waals surface area contributed by atoms with Crippen LogP contribution in [0, 0.1) is 0 Å². The normalized spacial score (nSPS) is 17.4. The molecule has 0 unspecified atom stereocenters. The number of ether oxygens (including phenoxy) is 2. The third kappa shape index (κ3) is 4.05. The fourth-order valence-corrected chi connectivity index (χ4v) is 4.13. The third-order valence-electron chi connectivity index (χ3n) is 6.26. The molecule has 2 aromatic rings. The van der Waals surface area contributed by atoms with Gasteiger partial charge in [-0.15, -0.1) is 0 Å². The second kappa shape index (κ2) is 8.63. The second-order valence-electron chi connectivity index (χ2n) is 8.26. The summed E-state index contributed by atoms with van der Waals surface area (Å²) in [6, 6.07) is 14.9. The van der Waals surface area contributed by atoms with E-state index in [0.717, 1.165) is 22.3 Å². The molecule has 0 saturated heterocycles. The van der Waals surface area contributed by atoms with Crippen LogP contribution in [0.3, 0.4) is 0 Å². The van der Waals surface area contributed by atoms with E-state index in [4.69, 9.17) is 9.47 Å². The van der Waals surface area contributed by atoms with Gasteiger partial charge >= 0.3 is 12.1 Å². The van der Waals surface area contributed by atoms with Crippen molar-refractivity contribution in [2.24, 2.45) is 0 Å². The van der Waals surface area contributed by atoms with E-state index in [1.165, 1.54) is 7.11 Å². The maximum Gasteiger partial charge on any atom is 0.407 e. The van der Waals surface area contributed by atoms with Crippen molar-refractivity contribution in [2.45, 2.75) is 43.4 Å². The smallest absolute Gasteiger partial charge is 0.407 e. The number of alkyl carbamates (subject to hydrolysis) is 1. The van der Waals surface area contributed by atoms with Gasteiger partial charge in [-0.25, -0.2) is 9.59 Å². The molecule has 2 aliphatic rings. The maximum absolute atomic E-state index is 12.7. The highest BCUT2D eigenvalue weighted by Gasteiger charge is 2.52. The maximum atomic E-state index is 12.7. The minimum Gasteiger partial charge on any atom is -0.480 e. The molecule has 4 rings (SSSR count). The van der Waals surface area contributed by atoms with E-state index in [1.54, 1.807) is 6.92 Å². The minimum atomic E-state index is -1.26. The van der Waals surface area contributed by atoms with Crippen LogP contribution in [-0.4, -0.2) is 54.5 Å². The molecular formula is C24H26N2O6. The van der Waals surface area contributed by atoms with Gasteiger partial charge in [0, 0.05) is 13.0 Å². The first kappa shape index (κ1) is 21.8. The molecule has 0 heterocycles. The van der Waals surface area contributed by atoms with Crippen LogP contribution in [0.2, 0.25) is 0 Å². The molecule has 168 valence electrons. The van der Waals surface area contributed by atoms with E-state index in [9.17, 15) is 19.5 Å². The number of methoxy groups -OCH3 is 1. The van der Waals surface area contributed by atoms with Gasteiger partial charge < -0.3 is 25.2 Å². The van der Waals surface area contributed by atoms with E-state index in [1.807, 2.05) is 48.5 Å². The summed E-state index contributed by atoms with van der Waals surface area (Å²) in [4.78, 5) is 36.7. The van der Waals surface area contributed by atoms with Crippen LogP contribution in [0.5, 0.6) is 0 Å². The standard InChI is InChI=1S/C24H26N2O6/c1-14(31-2)20(21(27)26-24(11-12-24)22(28)29)25-23(30)32-13-19-17-9-5-3-7-15(17)16-8-4-6-10-18(16)19/h3-10,14,19-20H,11-13H2,1-2H3,(H,25,30)(H,26,27)(H,28,29)/t14-,20+/m1/s1. The van der Waals surface area contributed by atoms with Crippen molar-refractivity contribution in [1.82, 2.24) is 10.6 Å². The Hall–Kier alpha value is -3.39. The fraction of sp³-hybridized carbons (Fsp3) is 0.375. The van der Waals surface area contributed by atoms with Crippen LogP contribution < -0.4 is 10.6 Å². The summed E-state index contributed by atoms with van der Waals surface area (Å²) >= 11 is 0. The molecule has 2 amide bonds. The Morgan fingerprint density at radius 2 is 1.62 bits per heavy atom. The van der Waals surface area contributed by atoms with Crippen molar-refractivity contribution in [3.05, 3.63) is 59.7 Å². The van der Waals surface area contributed by atoms with Crippen LogP contribution in [-0.2, 0) is 19.1 Å². The first-order valence-electron chi connectivity index (χ1n) is 10.6. The summed E-state index contributed by atoms with van der Waals surface area (Å²) in [5.74, 6) is -1.81. The van der Waals surface area contributed by atoms with Gasteiger partial charge in [0.25, 0.3) is 0 Å². The van der Waals surface area contributed by atoms with E-state index in [2.05, 4.69) is 10.6 Å². The summed E-state index contributed by atoms with van der Waals surface area (Å²) in [6.07, 6.45) is -0.739. The number of aliphatic carboxylic acids is 1. The summed E-state index contributed by atoms with van der Waals surface area (Å²) in [5, 5.41) is 14.4. The zero-order valence-corrected chi connectivity index (χ0v) is 18.0. The first-order valence-corrected chi connectivity index (χ1v) is 10.6. The van der Waals surface area contributed by atoms with Gasteiger partial charge in [0.15, 0.2) is 0 Å². The number of hydrogen-bond acceptors (Lipinski definition) is 5. The van der Waals surface area contributed by atoms with Crippen molar-refractivity contribution in [3.63, 3.8) is 0 Å². The molecule has 2 atom stereocenters. The van der Waals surface area contributed by atoms with Crippen LogP contribution in [0.15, 0.2) is 48.5 Å². The molecule has 3 N–H and O–H groups in total. The monoisotopic (exact) mass is 438 g/mol. The second-order valence-corrected chi connectivity index (χ2v) is 8.26. The summed E-state index contributed by atoms with van der Waals surface area (Å²) in [5.41, 5.74) is 3.14. The first-order chi connectivity index (χ1) is 15.4. The molecule has 8 nitrogen and oxygen atoms in total. The molecule has 0 radical (unpaired) electrons. The predicted molar refractivity (Wildman–Crippen MR) is 116 cm³/mol. The lowest BCUT2D eigenvalue weighted by atomic mass is 9.98. The number of carboxylic acid groups (broad SMARTS) is 1.